The summed E-state index contributed by atoms with van der Waals surface area (Å²) in [6.45, 7) is 3.77. The van der Waals surface area contributed by atoms with Crippen molar-refractivity contribution in [3.05, 3.63) is 42.0 Å². The fourth-order valence-electron chi connectivity index (χ4n) is 5.41. The molecule has 1 saturated carbocycles. The van der Waals surface area contributed by atoms with Gasteiger partial charge >= 0.3 is 0 Å². The van der Waals surface area contributed by atoms with Crippen molar-refractivity contribution in [1.29, 1.82) is 0 Å². The lowest BCUT2D eigenvalue weighted by molar-refractivity contribution is -0.142. The minimum absolute atomic E-state index is 0.0278. The fraction of sp³-hybridized carbons (Fsp3) is 0.615. The summed E-state index contributed by atoms with van der Waals surface area (Å²) in [5.41, 5.74) is 4.53. The third-order valence-electron chi connectivity index (χ3n) is 7.24. The zero-order chi connectivity index (χ0) is 26.1. The molecule has 1 unspecified atom stereocenters. The Kier molecular flexibility index (Phi) is 10.9. The van der Waals surface area contributed by atoms with Crippen LogP contribution in [0.3, 0.4) is 0 Å². The van der Waals surface area contributed by atoms with E-state index in [0.717, 1.165) is 37.5 Å². The third kappa shape index (κ3) is 7.62. The van der Waals surface area contributed by atoms with Crippen LogP contribution < -0.4 is 16.7 Å². The van der Waals surface area contributed by atoms with Crippen LogP contribution in [0.1, 0.15) is 70.8 Å². The number of nitrogens with two attached hydrogens (primary N) is 1. The summed E-state index contributed by atoms with van der Waals surface area (Å²) in [4.78, 5) is 26.2. The van der Waals surface area contributed by atoms with Crippen molar-refractivity contribution in [3.63, 3.8) is 0 Å². The molecule has 3 atom stereocenters. The first kappa shape index (κ1) is 29.0. The molecule has 196 valence electrons. The number of hydroxylamine groups is 1. The number of carbonyl (C=O) groups excluding carboxylic acids is 2. The Morgan fingerprint density at radius 2 is 1.77 bits per heavy atom. The van der Waals surface area contributed by atoms with Gasteiger partial charge in [-0.2, -0.15) is 0 Å². The van der Waals surface area contributed by atoms with Crippen molar-refractivity contribution in [2.75, 3.05) is 6.26 Å². The van der Waals surface area contributed by atoms with Crippen LogP contribution in [0.2, 0.25) is 0 Å². The van der Waals surface area contributed by atoms with Gasteiger partial charge in [0.15, 0.2) is 9.84 Å². The maximum Gasteiger partial charge on any atom is 0.249 e. The number of benzene rings is 1. The minimum Gasteiger partial charge on any atom is -0.294 e. The molecule has 35 heavy (non-hydrogen) atoms. The van der Waals surface area contributed by atoms with E-state index in [1.165, 1.54) is 6.42 Å². The summed E-state index contributed by atoms with van der Waals surface area (Å²) in [6, 6.07) is 9.21. The molecule has 0 radical (unpaired) electrons. The van der Waals surface area contributed by atoms with Crippen molar-refractivity contribution in [3.8, 4) is 0 Å². The van der Waals surface area contributed by atoms with Gasteiger partial charge in [-0.1, -0.05) is 88.4 Å². The SMILES string of the molecule is CC(C)C[C@@H](C(=O)NN)[C@@H](C(=O)NO)C(/C=C/c1ccccc1)(CCC1CCCCC1)S(C)(=O)=O. The van der Waals surface area contributed by atoms with Crippen molar-refractivity contribution >= 4 is 27.7 Å². The number of hydrogen-bond acceptors (Lipinski definition) is 6. The van der Waals surface area contributed by atoms with Crippen LogP contribution in [-0.4, -0.2) is 36.4 Å². The van der Waals surface area contributed by atoms with Gasteiger partial charge in [0, 0.05) is 6.26 Å². The van der Waals surface area contributed by atoms with Crippen LogP contribution in [0.4, 0.5) is 0 Å². The molecule has 1 aromatic rings. The third-order valence-corrected chi connectivity index (χ3v) is 9.22. The van der Waals surface area contributed by atoms with Crippen LogP contribution in [0.5, 0.6) is 0 Å². The van der Waals surface area contributed by atoms with Gasteiger partial charge in [-0.25, -0.2) is 19.7 Å². The van der Waals surface area contributed by atoms with Crippen LogP contribution in [0.15, 0.2) is 36.4 Å². The van der Waals surface area contributed by atoms with Gasteiger partial charge in [-0.05, 0) is 36.7 Å². The number of amides is 2. The predicted octanol–water partition coefficient (Wildman–Crippen LogP) is 3.62. The van der Waals surface area contributed by atoms with Crippen molar-refractivity contribution < 1.29 is 23.2 Å². The van der Waals surface area contributed by atoms with Crippen LogP contribution >= 0.6 is 0 Å². The quantitative estimate of drug-likeness (QED) is 0.148. The lowest BCUT2D eigenvalue weighted by Gasteiger charge is -2.40. The van der Waals surface area contributed by atoms with E-state index in [-0.39, 0.29) is 18.8 Å². The van der Waals surface area contributed by atoms with Gasteiger partial charge in [0.2, 0.25) is 11.8 Å². The van der Waals surface area contributed by atoms with Crippen LogP contribution in [-0.2, 0) is 19.4 Å². The molecular formula is C26H41N3O5S. The standard InChI is InChI=1S/C26H41N3O5S/c1-19(2)18-22(24(30)28-27)23(25(31)29-32)26(35(3,33)34,16-14-20-10-6-4-7-11-20)17-15-21-12-8-5-9-13-21/h4,6-7,10-11,14,16,19,21-23,32H,5,8-9,12-13,15,17-18,27H2,1-3H3,(H,28,30)(H,29,31)/b16-14+/t22-,23+,26?/m1/s1. The highest BCUT2D eigenvalue weighted by Gasteiger charge is 2.54. The van der Waals surface area contributed by atoms with Gasteiger partial charge in [-0.15, -0.1) is 0 Å². The molecule has 0 aliphatic heterocycles. The number of carbonyl (C=O) groups is 2. The Hall–Kier alpha value is -2.23. The van der Waals surface area contributed by atoms with Gasteiger partial charge in [0.05, 0.1) is 11.8 Å². The number of sulfone groups is 1. The summed E-state index contributed by atoms with van der Waals surface area (Å²) in [7, 11) is -3.95. The van der Waals surface area contributed by atoms with Crippen molar-refractivity contribution in [2.24, 2.45) is 29.5 Å². The van der Waals surface area contributed by atoms with Gasteiger partial charge < -0.3 is 0 Å². The molecule has 1 fully saturated rings. The van der Waals surface area contributed by atoms with E-state index >= 15 is 0 Å². The van der Waals surface area contributed by atoms with Crippen molar-refractivity contribution in [2.45, 2.75) is 70.0 Å². The molecule has 1 aromatic carbocycles. The molecule has 2 rings (SSSR count). The molecule has 0 spiro atoms. The molecule has 0 aromatic heterocycles. The van der Waals surface area contributed by atoms with E-state index in [9.17, 15) is 23.2 Å². The summed E-state index contributed by atoms with van der Waals surface area (Å²) in [5.74, 6) is 1.81. The highest BCUT2D eigenvalue weighted by Crippen LogP contribution is 2.43. The van der Waals surface area contributed by atoms with Gasteiger partial charge in [-0.3, -0.25) is 20.2 Å². The van der Waals surface area contributed by atoms with E-state index in [4.69, 9.17) is 5.84 Å². The second-order valence-electron chi connectivity index (χ2n) is 10.2. The lowest BCUT2D eigenvalue weighted by Crippen LogP contribution is -2.57. The Balaban J connectivity index is 2.71. The molecule has 5 N–H and O–H groups in total. The summed E-state index contributed by atoms with van der Waals surface area (Å²) in [5, 5.41) is 9.69. The topological polar surface area (TPSA) is 139 Å². The molecule has 9 heteroatoms. The van der Waals surface area contributed by atoms with E-state index in [2.05, 4.69) is 5.43 Å². The molecular weight excluding hydrogens is 466 g/mol. The molecule has 1 aliphatic carbocycles. The molecule has 8 nitrogen and oxygen atoms in total. The zero-order valence-corrected chi connectivity index (χ0v) is 21.9. The highest BCUT2D eigenvalue weighted by atomic mass is 32.2. The average Bonchev–Trinajstić information content (AvgIpc) is 2.84. The predicted molar refractivity (Wildman–Crippen MR) is 138 cm³/mol. The fourth-order valence-corrected chi connectivity index (χ4v) is 6.95. The Morgan fingerprint density at radius 3 is 2.29 bits per heavy atom. The van der Waals surface area contributed by atoms with Crippen molar-refractivity contribution in [1.82, 2.24) is 10.9 Å². The Labute approximate surface area is 209 Å². The number of nitrogens with one attached hydrogen (secondary N) is 2. The summed E-state index contributed by atoms with van der Waals surface area (Å²) < 4.78 is 25.5. The normalized spacial score (nSPS) is 18.7. The highest BCUT2D eigenvalue weighted by molar-refractivity contribution is 7.92. The van der Waals surface area contributed by atoms with E-state index in [0.29, 0.717) is 12.3 Å². The zero-order valence-electron chi connectivity index (χ0n) is 21.1. The first-order chi connectivity index (χ1) is 16.6. The minimum atomic E-state index is -3.95. The number of hydrogen-bond donors (Lipinski definition) is 4. The van der Waals surface area contributed by atoms with E-state index in [1.807, 2.05) is 44.2 Å². The van der Waals surface area contributed by atoms with Gasteiger partial charge in [0.1, 0.15) is 4.75 Å². The second kappa shape index (κ2) is 13.2. The first-order valence-electron chi connectivity index (χ1n) is 12.4. The number of hydrazine groups is 1. The Bertz CT molecular complexity index is 958. The van der Waals surface area contributed by atoms with E-state index < -0.39 is 38.2 Å². The molecule has 0 saturated heterocycles. The summed E-state index contributed by atoms with van der Waals surface area (Å²) >= 11 is 0. The lowest BCUT2D eigenvalue weighted by atomic mass is 9.72. The van der Waals surface area contributed by atoms with E-state index in [1.54, 1.807) is 17.6 Å². The maximum absolute atomic E-state index is 13.6. The maximum atomic E-state index is 13.6. The molecule has 2 amide bonds. The molecule has 0 heterocycles. The summed E-state index contributed by atoms with van der Waals surface area (Å²) in [6.07, 6.45) is 10.7. The first-order valence-corrected chi connectivity index (χ1v) is 14.3. The van der Waals surface area contributed by atoms with Crippen LogP contribution in [0.25, 0.3) is 6.08 Å². The van der Waals surface area contributed by atoms with Gasteiger partial charge in [0.25, 0.3) is 0 Å². The smallest absolute Gasteiger partial charge is 0.249 e. The monoisotopic (exact) mass is 507 g/mol. The molecule has 0 bridgehead atoms. The van der Waals surface area contributed by atoms with Crippen LogP contribution in [0, 0.1) is 23.7 Å². The second-order valence-corrected chi connectivity index (χ2v) is 12.5. The number of rotatable bonds is 12. The average molecular weight is 508 g/mol. The molecule has 1 aliphatic rings. The largest absolute Gasteiger partial charge is 0.294 e. The Morgan fingerprint density at radius 1 is 1.14 bits per heavy atom.